The second-order valence-corrected chi connectivity index (χ2v) is 14.9. The molecule has 0 bridgehead atoms. The van der Waals surface area contributed by atoms with Crippen molar-refractivity contribution in [3.05, 3.63) is 151 Å². The van der Waals surface area contributed by atoms with E-state index in [1.165, 1.54) is 90.4 Å². The quantitative estimate of drug-likeness (QED) is 0.189. The second-order valence-electron chi connectivity index (χ2n) is 12.9. The van der Waals surface area contributed by atoms with Crippen molar-refractivity contribution in [2.24, 2.45) is 0 Å². The van der Waals surface area contributed by atoms with Gasteiger partial charge in [-0.3, -0.25) is 0 Å². The molecule has 0 atom stereocenters. The summed E-state index contributed by atoms with van der Waals surface area (Å²) in [6.07, 6.45) is 0. The third-order valence-corrected chi connectivity index (χ3v) is 12.5. The molecule has 1 aliphatic rings. The van der Waals surface area contributed by atoms with Gasteiger partial charge in [0.05, 0.1) is 26.5 Å². The highest BCUT2D eigenvalue weighted by Gasteiger charge is 2.38. The fourth-order valence-electron chi connectivity index (χ4n) is 7.91. The molecule has 1 aliphatic carbocycles. The van der Waals surface area contributed by atoms with Crippen LogP contribution in [0.4, 0.5) is 17.1 Å². The third-order valence-electron chi connectivity index (χ3n) is 10.1. The Morgan fingerprint density at radius 3 is 1.87 bits per heavy atom. The maximum Gasteiger partial charge on any atom is 0.0641 e. The standard InChI is InChI=1S/C43H29NS2/c1-43(2)33-18-7-5-15-32(33)39-34(43)19-11-20-35(39)44(36-21-9-16-29-28-14-6-8-23-38(28)45-41(29)36)37-22-10-17-30-31-25-24-26-12-3-4-13-27(26)40(31)46-42(30)37/h3-25H,1-2H3. The van der Waals surface area contributed by atoms with E-state index in [0.717, 1.165) is 0 Å². The normalized spacial score (nSPS) is 13.6. The van der Waals surface area contributed by atoms with E-state index in [-0.39, 0.29) is 5.41 Å². The number of anilines is 3. The lowest BCUT2D eigenvalue weighted by molar-refractivity contribution is 0.660. The Balaban J connectivity index is 1.35. The first-order valence-electron chi connectivity index (χ1n) is 15.9. The zero-order chi connectivity index (χ0) is 30.6. The third kappa shape index (κ3) is 3.50. The molecule has 0 N–H and O–H groups in total. The van der Waals surface area contributed by atoms with Gasteiger partial charge in [0.1, 0.15) is 0 Å². The second kappa shape index (κ2) is 9.53. The van der Waals surface area contributed by atoms with E-state index >= 15 is 0 Å². The van der Waals surface area contributed by atoms with E-state index in [2.05, 4.69) is 158 Å². The number of rotatable bonds is 3. The first-order chi connectivity index (χ1) is 22.6. The monoisotopic (exact) mass is 623 g/mol. The molecule has 0 spiro atoms. The summed E-state index contributed by atoms with van der Waals surface area (Å²) in [5, 5.41) is 7.87. The highest BCUT2D eigenvalue weighted by Crippen LogP contribution is 2.56. The van der Waals surface area contributed by atoms with Crippen LogP contribution in [0.25, 0.3) is 62.2 Å². The van der Waals surface area contributed by atoms with Gasteiger partial charge >= 0.3 is 0 Å². The molecule has 46 heavy (non-hydrogen) atoms. The zero-order valence-corrected chi connectivity index (χ0v) is 27.2. The lowest BCUT2D eigenvalue weighted by Crippen LogP contribution is -2.16. The van der Waals surface area contributed by atoms with Gasteiger partial charge in [-0.2, -0.15) is 0 Å². The van der Waals surface area contributed by atoms with Crippen LogP contribution >= 0.6 is 22.7 Å². The molecule has 0 unspecified atom stereocenters. The molecular formula is C43H29NS2. The van der Waals surface area contributed by atoms with Gasteiger partial charge in [-0.15, -0.1) is 22.7 Å². The Morgan fingerprint density at radius 2 is 1.02 bits per heavy atom. The predicted molar refractivity (Wildman–Crippen MR) is 202 cm³/mol. The molecule has 3 heteroatoms. The molecule has 218 valence electrons. The summed E-state index contributed by atoms with van der Waals surface area (Å²) < 4.78 is 5.30. The Bertz CT molecular complexity index is 2690. The summed E-state index contributed by atoms with van der Waals surface area (Å²) in [7, 11) is 0. The van der Waals surface area contributed by atoms with Crippen molar-refractivity contribution < 1.29 is 0 Å². The topological polar surface area (TPSA) is 3.24 Å². The minimum absolute atomic E-state index is 0.0836. The molecule has 0 saturated heterocycles. The van der Waals surface area contributed by atoms with Gasteiger partial charge in [-0.1, -0.05) is 129 Å². The molecule has 0 amide bonds. The SMILES string of the molecule is CC1(C)c2ccccc2-c2c(N(c3cccc4c3sc3ccccc34)c3cccc4c3sc3c5ccccc5ccc43)cccc21. The van der Waals surface area contributed by atoms with Gasteiger partial charge in [-0.25, -0.2) is 0 Å². The fraction of sp³-hybridized carbons (Fsp3) is 0.0698. The minimum atomic E-state index is -0.0836. The zero-order valence-electron chi connectivity index (χ0n) is 25.5. The van der Waals surface area contributed by atoms with Crippen LogP contribution in [0.2, 0.25) is 0 Å². The van der Waals surface area contributed by atoms with Crippen LogP contribution < -0.4 is 4.90 Å². The predicted octanol–water partition coefficient (Wildman–Crippen LogP) is 13.4. The van der Waals surface area contributed by atoms with Gasteiger partial charge in [0, 0.05) is 41.9 Å². The molecule has 10 rings (SSSR count). The van der Waals surface area contributed by atoms with Crippen molar-refractivity contribution in [1.82, 2.24) is 0 Å². The van der Waals surface area contributed by atoms with Crippen molar-refractivity contribution in [2.45, 2.75) is 19.3 Å². The van der Waals surface area contributed by atoms with Gasteiger partial charge in [0.15, 0.2) is 0 Å². The van der Waals surface area contributed by atoms with Crippen molar-refractivity contribution >= 4 is 90.9 Å². The van der Waals surface area contributed by atoms with Gasteiger partial charge in [0.2, 0.25) is 0 Å². The first-order valence-corrected chi connectivity index (χ1v) is 17.5. The summed E-state index contributed by atoms with van der Waals surface area (Å²) >= 11 is 3.82. The van der Waals surface area contributed by atoms with Crippen LogP contribution in [0.5, 0.6) is 0 Å². The van der Waals surface area contributed by atoms with E-state index in [0.29, 0.717) is 0 Å². The number of benzene rings is 7. The summed E-state index contributed by atoms with van der Waals surface area (Å²) in [6.45, 7) is 4.74. The van der Waals surface area contributed by atoms with E-state index in [9.17, 15) is 0 Å². The van der Waals surface area contributed by atoms with Crippen molar-refractivity contribution in [2.75, 3.05) is 4.90 Å². The Labute approximate surface area is 275 Å². The van der Waals surface area contributed by atoms with Crippen LogP contribution in [0.1, 0.15) is 25.0 Å². The van der Waals surface area contributed by atoms with Gasteiger partial charge in [0.25, 0.3) is 0 Å². The molecule has 1 nitrogen and oxygen atoms in total. The lowest BCUT2D eigenvalue weighted by Gasteiger charge is -2.29. The van der Waals surface area contributed by atoms with E-state index in [1.54, 1.807) is 0 Å². The number of nitrogens with zero attached hydrogens (tertiary/aromatic N) is 1. The van der Waals surface area contributed by atoms with Crippen LogP contribution in [0.3, 0.4) is 0 Å². The van der Waals surface area contributed by atoms with E-state index in [4.69, 9.17) is 0 Å². The molecular weight excluding hydrogens is 595 g/mol. The molecule has 2 heterocycles. The Kier molecular flexibility index (Phi) is 5.44. The number of hydrogen-bond acceptors (Lipinski definition) is 3. The summed E-state index contributed by atoms with van der Waals surface area (Å²) in [5.74, 6) is 0. The molecule has 7 aromatic carbocycles. The molecule has 0 aliphatic heterocycles. The summed E-state index contributed by atoms with van der Waals surface area (Å²) in [5.41, 5.74) is 9.05. The Hall–Kier alpha value is -4.96. The lowest BCUT2D eigenvalue weighted by atomic mass is 9.82. The Morgan fingerprint density at radius 1 is 0.435 bits per heavy atom. The van der Waals surface area contributed by atoms with Crippen molar-refractivity contribution in [3.63, 3.8) is 0 Å². The van der Waals surface area contributed by atoms with Crippen LogP contribution in [-0.4, -0.2) is 0 Å². The molecule has 9 aromatic rings. The van der Waals surface area contributed by atoms with E-state index in [1.807, 2.05) is 22.7 Å². The van der Waals surface area contributed by atoms with Crippen molar-refractivity contribution in [1.29, 1.82) is 0 Å². The highest BCUT2D eigenvalue weighted by atomic mass is 32.1. The van der Waals surface area contributed by atoms with Crippen LogP contribution in [-0.2, 0) is 5.41 Å². The first kappa shape index (κ1) is 26.3. The summed E-state index contributed by atoms with van der Waals surface area (Å²) in [4.78, 5) is 2.58. The molecule has 2 aromatic heterocycles. The number of hydrogen-bond donors (Lipinski definition) is 0. The largest absolute Gasteiger partial charge is 0.307 e. The number of fused-ring (bicyclic) bond motifs is 11. The van der Waals surface area contributed by atoms with Gasteiger partial charge < -0.3 is 4.90 Å². The maximum absolute atomic E-state index is 2.58. The smallest absolute Gasteiger partial charge is 0.0641 e. The minimum Gasteiger partial charge on any atom is -0.307 e. The molecule has 0 saturated carbocycles. The van der Waals surface area contributed by atoms with Gasteiger partial charge in [-0.05, 0) is 51.7 Å². The summed E-state index contributed by atoms with van der Waals surface area (Å²) in [6, 6.07) is 51.9. The van der Waals surface area contributed by atoms with Crippen LogP contribution in [0.15, 0.2) is 140 Å². The maximum atomic E-state index is 2.58. The average Bonchev–Trinajstić information content (AvgIpc) is 3.75. The average molecular weight is 624 g/mol. The number of thiophene rings is 2. The molecule has 0 radical (unpaired) electrons. The van der Waals surface area contributed by atoms with Crippen molar-refractivity contribution in [3.8, 4) is 11.1 Å². The highest BCUT2D eigenvalue weighted by molar-refractivity contribution is 7.27. The fourth-order valence-corrected chi connectivity index (χ4v) is 10.5. The molecule has 0 fully saturated rings. The van der Waals surface area contributed by atoms with E-state index < -0.39 is 0 Å². The van der Waals surface area contributed by atoms with Crippen LogP contribution in [0, 0.1) is 0 Å².